The van der Waals surface area contributed by atoms with Crippen LogP contribution in [-0.4, -0.2) is 37.9 Å². The number of fused-ring (bicyclic) bond motifs is 1. The molecule has 31 heavy (non-hydrogen) atoms. The third-order valence-electron chi connectivity index (χ3n) is 5.79. The molecule has 2 aliphatic rings. The predicted octanol–water partition coefficient (Wildman–Crippen LogP) is 3.64. The van der Waals surface area contributed by atoms with Gasteiger partial charge in [-0.2, -0.15) is 0 Å². The predicted molar refractivity (Wildman–Crippen MR) is 120 cm³/mol. The summed E-state index contributed by atoms with van der Waals surface area (Å²) in [5.74, 6) is -0.238. The normalized spacial score (nSPS) is 17.6. The molecule has 0 bridgehead atoms. The fourth-order valence-corrected chi connectivity index (χ4v) is 4.32. The van der Waals surface area contributed by atoms with Crippen LogP contribution in [0.1, 0.15) is 25.3 Å². The summed E-state index contributed by atoms with van der Waals surface area (Å²) in [5, 5.41) is 3.31. The van der Waals surface area contributed by atoms with Gasteiger partial charge < -0.3 is 19.9 Å². The third kappa shape index (κ3) is 4.10. The zero-order chi connectivity index (χ0) is 22.1. The quantitative estimate of drug-likeness (QED) is 0.768. The van der Waals surface area contributed by atoms with Crippen LogP contribution in [0.15, 0.2) is 36.4 Å². The molecule has 0 aromatic heterocycles. The molecular weight excluding hydrogens is 418 g/mol. The van der Waals surface area contributed by atoms with E-state index in [0.717, 1.165) is 23.4 Å². The van der Waals surface area contributed by atoms with E-state index in [4.69, 9.17) is 16.3 Å². The molecule has 1 N–H and O–H groups in total. The number of nitrogens with zero attached hydrogens (tertiary/aromatic N) is 2. The number of halogens is 1. The Kier molecular flexibility index (Phi) is 5.87. The SMILES string of the molecule is CCC(=O)N1CCc2cc(N3C[C@@H](C(=O)Nc4cc(Cl)ccc4OC)CC3=O)ccc21. The van der Waals surface area contributed by atoms with Gasteiger partial charge in [0.25, 0.3) is 0 Å². The van der Waals surface area contributed by atoms with Crippen LogP contribution in [0.2, 0.25) is 5.02 Å². The monoisotopic (exact) mass is 441 g/mol. The minimum Gasteiger partial charge on any atom is -0.495 e. The largest absolute Gasteiger partial charge is 0.495 e. The van der Waals surface area contributed by atoms with Gasteiger partial charge in [0.05, 0.1) is 18.7 Å². The van der Waals surface area contributed by atoms with E-state index in [9.17, 15) is 14.4 Å². The Bertz CT molecular complexity index is 1060. The number of hydrogen-bond donors (Lipinski definition) is 1. The molecular formula is C23H24ClN3O4. The molecule has 0 saturated carbocycles. The molecule has 2 aromatic rings. The maximum Gasteiger partial charge on any atom is 0.229 e. The van der Waals surface area contributed by atoms with Crippen LogP contribution in [0, 0.1) is 5.92 Å². The summed E-state index contributed by atoms with van der Waals surface area (Å²) >= 11 is 6.04. The maximum absolute atomic E-state index is 12.8. The van der Waals surface area contributed by atoms with Gasteiger partial charge in [-0.25, -0.2) is 0 Å². The van der Waals surface area contributed by atoms with E-state index in [0.29, 0.717) is 36.0 Å². The zero-order valence-electron chi connectivity index (χ0n) is 17.5. The lowest BCUT2D eigenvalue weighted by atomic mass is 10.1. The second-order valence-corrected chi connectivity index (χ2v) is 8.14. The maximum atomic E-state index is 12.8. The molecule has 0 aliphatic carbocycles. The van der Waals surface area contributed by atoms with Crippen molar-refractivity contribution in [3.8, 4) is 5.75 Å². The van der Waals surface area contributed by atoms with Gasteiger partial charge in [-0.1, -0.05) is 18.5 Å². The second-order valence-electron chi connectivity index (χ2n) is 7.70. The van der Waals surface area contributed by atoms with E-state index < -0.39 is 5.92 Å². The van der Waals surface area contributed by atoms with Crippen molar-refractivity contribution < 1.29 is 19.1 Å². The van der Waals surface area contributed by atoms with Gasteiger partial charge in [0.15, 0.2) is 0 Å². The average Bonchev–Trinajstić information content (AvgIpc) is 3.36. The highest BCUT2D eigenvalue weighted by Gasteiger charge is 2.36. The molecule has 7 nitrogen and oxygen atoms in total. The summed E-state index contributed by atoms with van der Waals surface area (Å²) in [4.78, 5) is 41.0. The summed E-state index contributed by atoms with van der Waals surface area (Å²) in [5.41, 5.74) is 3.18. The molecule has 4 rings (SSSR count). The Morgan fingerprint density at radius 3 is 2.77 bits per heavy atom. The van der Waals surface area contributed by atoms with Crippen molar-refractivity contribution in [3.63, 3.8) is 0 Å². The molecule has 1 atom stereocenters. The molecule has 2 aromatic carbocycles. The van der Waals surface area contributed by atoms with E-state index in [1.165, 1.54) is 7.11 Å². The first-order valence-corrected chi connectivity index (χ1v) is 10.7. The minimum atomic E-state index is -0.484. The van der Waals surface area contributed by atoms with E-state index in [1.54, 1.807) is 28.0 Å². The van der Waals surface area contributed by atoms with Gasteiger partial charge in [0.1, 0.15) is 5.75 Å². The number of anilines is 3. The Hall–Kier alpha value is -3.06. The Balaban J connectivity index is 1.48. The van der Waals surface area contributed by atoms with Crippen molar-refractivity contribution in [2.75, 3.05) is 35.3 Å². The molecule has 0 spiro atoms. The molecule has 162 valence electrons. The molecule has 3 amide bonds. The van der Waals surface area contributed by atoms with E-state index in [1.807, 2.05) is 25.1 Å². The number of benzene rings is 2. The van der Waals surface area contributed by atoms with Gasteiger partial charge in [-0.3, -0.25) is 14.4 Å². The van der Waals surface area contributed by atoms with E-state index >= 15 is 0 Å². The van der Waals surface area contributed by atoms with Gasteiger partial charge in [0.2, 0.25) is 17.7 Å². The van der Waals surface area contributed by atoms with Crippen LogP contribution in [0.25, 0.3) is 0 Å². The van der Waals surface area contributed by atoms with Crippen LogP contribution in [-0.2, 0) is 20.8 Å². The molecule has 8 heteroatoms. The third-order valence-corrected chi connectivity index (χ3v) is 6.02. The van der Waals surface area contributed by atoms with Crippen molar-refractivity contribution in [1.29, 1.82) is 0 Å². The first-order valence-electron chi connectivity index (χ1n) is 10.3. The van der Waals surface area contributed by atoms with Crippen LogP contribution in [0.5, 0.6) is 5.75 Å². The number of amides is 3. The fourth-order valence-electron chi connectivity index (χ4n) is 4.15. The standard InChI is InChI=1S/C23H24ClN3O4/c1-3-21(28)26-9-8-14-10-17(5-6-19(14)26)27-13-15(11-22(27)29)23(30)25-18-12-16(24)4-7-20(18)31-2/h4-7,10,12,15H,3,8-9,11,13H2,1-2H3,(H,25,30)/t15-/m0/s1. The Labute approximate surface area is 185 Å². The summed E-state index contributed by atoms with van der Waals surface area (Å²) in [7, 11) is 1.52. The van der Waals surface area contributed by atoms with Crippen molar-refractivity contribution in [2.45, 2.75) is 26.2 Å². The number of carbonyl (C=O) groups is 3. The second kappa shape index (κ2) is 8.59. The Morgan fingerprint density at radius 2 is 2.03 bits per heavy atom. The van der Waals surface area contributed by atoms with Gasteiger partial charge in [-0.05, 0) is 48.4 Å². The fraction of sp³-hybridized carbons (Fsp3) is 0.348. The number of nitrogens with one attached hydrogen (secondary N) is 1. The molecule has 0 radical (unpaired) electrons. The highest BCUT2D eigenvalue weighted by molar-refractivity contribution is 6.31. The first-order chi connectivity index (χ1) is 14.9. The molecule has 2 aliphatic heterocycles. The molecule has 1 saturated heterocycles. The lowest BCUT2D eigenvalue weighted by Crippen LogP contribution is -2.28. The number of ether oxygens (including phenoxy) is 1. The number of hydrogen-bond acceptors (Lipinski definition) is 4. The van der Waals surface area contributed by atoms with E-state index in [2.05, 4.69) is 5.32 Å². The van der Waals surface area contributed by atoms with Crippen LogP contribution in [0.3, 0.4) is 0 Å². The summed E-state index contributed by atoms with van der Waals surface area (Å²) < 4.78 is 5.27. The summed E-state index contributed by atoms with van der Waals surface area (Å²) in [6.45, 7) is 2.80. The molecule has 2 heterocycles. The zero-order valence-corrected chi connectivity index (χ0v) is 18.2. The topological polar surface area (TPSA) is 79.0 Å². The number of rotatable bonds is 5. The minimum absolute atomic E-state index is 0.0944. The first kappa shape index (κ1) is 21.2. The lowest BCUT2D eigenvalue weighted by molar-refractivity contribution is -0.122. The van der Waals surface area contributed by atoms with Gasteiger partial charge >= 0.3 is 0 Å². The highest BCUT2D eigenvalue weighted by Crippen LogP contribution is 2.35. The number of methoxy groups -OCH3 is 1. The lowest BCUT2D eigenvalue weighted by Gasteiger charge is -2.20. The summed E-state index contributed by atoms with van der Waals surface area (Å²) in [6.07, 6.45) is 1.35. The van der Waals surface area contributed by atoms with Crippen LogP contribution < -0.4 is 19.9 Å². The van der Waals surface area contributed by atoms with E-state index in [-0.39, 0.29) is 24.1 Å². The number of carbonyl (C=O) groups excluding carboxylic acids is 3. The smallest absolute Gasteiger partial charge is 0.229 e. The summed E-state index contributed by atoms with van der Waals surface area (Å²) in [6, 6.07) is 10.7. The van der Waals surface area contributed by atoms with Gasteiger partial charge in [0, 0.05) is 42.3 Å². The van der Waals surface area contributed by atoms with Crippen LogP contribution in [0.4, 0.5) is 17.1 Å². The molecule has 1 fully saturated rings. The highest BCUT2D eigenvalue weighted by atomic mass is 35.5. The Morgan fingerprint density at radius 1 is 1.23 bits per heavy atom. The van der Waals surface area contributed by atoms with Crippen molar-refractivity contribution >= 4 is 46.4 Å². The van der Waals surface area contributed by atoms with Crippen molar-refractivity contribution in [3.05, 3.63) is 47.0 Å². The van der Waals surface area contributed by atoms with Crippen molar-refractivity contribution in [2.24, 2.45) is 5.92 Å². The van der Waals surface area contributed by atoms with Crippen LogP contribution >= 0.6 is 11.6 Å². The molecule has 0 unspecified atom stereocenters. The average molecular weight is 442 g/mol. The van der Waals surface area contributed by atoms with Gasteiger partial charge in [-0.15, -0.1) is 0 Å². The van der Waals surface area contributed by atoms with Crippen molar-refractivity contribution in [1.82, 2.24) is 0 Å².